The van der Waals surface area contributed by atoms with Gasteiger partial charge in [0.2, 0.25) is 0 Å². The Morgan fingerprint density at radius 1 is 1.04 bits per heavy atom. The van der Waals surface area contributed by atoms with Crippen LogP contribution in [0.2, 0.25) is 0 Å². The number of fused-ring (bicyclic) bond motifs is 1. The van der Waals surface area contributed by atoms with Gasteiger partial charge in [0, 0.05) is 11.6 Å². The van der Waals surface area contributed by atoms with Crippen LogP contribution in [0, 0.1) is 0 Å². The number of para-hydroxylation sites is 1. The molecule has 0 fully saturated rings. The van der Waals surface area contributed by atoms with Gasteiger partial charge in [-0.05, 0) is 44.0 Å². The van der Waals surface area contributed by atoms with Gasteiger partial charge in [-0.15, -0.1) is 0 Å². The maximum absolute atomic E-state index is 12.8. The largest absolute Gasteiger partial charge is 0.491 e. The minimum absolute atomic E-state index is 0.0369. The predicted molar refractivity (Wildman–Crippen MR) is 101 cm³/mol. The van der Waals surface area contributed by atoms with Crippen molar-refractivity contribution in [2.45, 2.75) is 39.2 Å². The molecule has 3 heteroatoms. The van der Waals surface area contributed by atoms with Crippen LogP contribution in [0.15, 0.2) is 48.5 Å². The second-order valence-corrected chi connectivity index (χ2v) is 6.69. The highest BCUT2D eigenvalue weighted by Gasteiger charge is 2.27. The van der Waals surface area contributed by atoms with Gasteiger partial charge in [-0.1, -0.05) is 56.3 Å². The molecule has 1 aliphatic heterocycles. The molecule has 3 rings (SSSR count). The molecule has 0 unspecified atom stereocenters. The number of rotatable bonds is 7. The molecule has 0 N–H and O–H groups in total. The third kappa shape index (κ3) is 3.93. The highest BCUT2D eigenvalue weighted by atomic mass is 16.5. The molecular formula is C22H27NO2. The predicted octanol–water partition coefficient (Wildman–Crippen LogP) is 4.34. The first-order valence-corrected chi connectivity index (χ1v) is 9.33. The van der Waals surface area contributed by atoms with Crippen molar-refractivity contribution in [2.24, 2.45) is 0 Å². The topological polar surface area (TPSA) is 29.5 Å². The molecule has 0 aliphatic carbocycles. The lowest BCUT2D eigenvalue weighted by Crippen LogP contribution is -2.44. The monoisotopic (exact) mass is 337 g/mol. The van der Waals surface area contributed by atoms with E-state index in [1.54, 1.807) is 0 Å². The maximum Gasteiger partial charge on any atom is 0.196 e. The fourth-order valence-electron chi connectivity index (χ4n) is 3.62. The Bertz CT molecular complexity index is 705. The van der Waals surface area contributed by atoms with Gasteiger partial charge in [-0.25, -0.2) is 0 Å². The molecule has 3 nitrogen and oxygen atoms in total. The van der Waals surface area contributed by atoms with Crippen molar-refractivity contribution in [1.29, 1.82) is 0 Å². The van der Waals surface area contributed by atoms with E-state index < -0.39 is 0 Å². The normalized spacial score (nSPS) is 16.4. The molecule has 2 aromatic carbocycles. The van der Waals surface area contributed by atoms with Crippen molar-refractivity contribution in [3.63, 3.8) is 0 Å². The van der Waals surface area contributed by atoms with Gasteiger partial charge in [0.25, 0.3) is 0 Å². The summed E-state index contributed by atoms with van der Waals surface area (Å²) in [6.45, 7) is 7.29. The van der Waals surface area contributed by atoms with Gasteiger partial charge < -0.3 is 4.74 Å². The van der Waals surface area contributed by atoms with Crippen molar-refractivity contribution in [1.82, 2.24) is 4.90 Å². The average Bonchev–Trinajstić information content (AvgIpc) is 2.67. The summed E-state index contributed by atoms with van der Waals surface area (Å²) in [5.74, 6) is 0.815. The van der Waals surface area contributed by atoms with Crippen molar-refractivity contribution in [3.8, 4) is 5.75 Å². The van der Waals surface area contributed by atoms with E-state index in [0.29, 0.717) is 23.8 Å². The number of carbonyl (C=O) groups is 1. The van der Waals surface area contributed by atoms with Gasteiger partial charge in [-0.3, -0.25) is 9.69 Å². The molecule has 0 bridgehead atoms. The fourth-order valence-corrected chi connectivity index (χ4v) is 3.62. The van der Waals surface area contributed by atoms with Gasteiger partial charge in [0.05, 0.1) is 5.56 Å². The van der Waals surface area contributed by atoms with E-state index >= 15 is 0 Å². The van der Waals surface area contributed by atoms with Crippen molar-refractivity contribution < 1.29 is 9.53 Å². The molecule has 0 saturated carbocycles. The number of benzene rings is 2. The summed E-state index contributed by atoms with van der Waals surface area (Å²) < 4.78 is 6.12. The third-order valence-corrected chi connectivity index (χ3v) is 4.79. The minimum Gasteiger partial charge on any atom is -0.491 e. The average molecular weight is 337 g/mol. The highest BCUT2D eigenvalue weighted by molar-refractivity contribution is 6.11. The highest BCUT2D eigenvalue weighted by Crippen LogP contribution is 2.32. The minimum atomic E-state index is 0.0369. The zero-order chi connectivity index (χ0) is 17.6. The van der Waals surface area contributed by atoms with Crippen LogP contribution in [0.25, 0.3) is 0 Å². The molecule has 0 amide bonds. The lowest BCUT2D eigenvalue weighted by molar-refractivity contribution is 0.101. The summed E-state index contributed by atoms with van der Waals surface area (Å²) in [6, 6.07) is 15.8. The van der Waals surface area contributed by atoms with Crippen molar-refractivity contribution >= 4 is 5.78 Å². The van der Waals surface area contributed by atoms with Crippen LogP contribution in [0.5, 0.6) is 5.75 Å². The van der Waals surface area contributed by atoms with E-state index in [0.717, 1.165) is 43.7 Å². The summed E-state index contributed by atoms with van der Waals surface area (Å²) in [5.41, 5.74) is 2.54. The van der Waals surface area contributed by atoms with Crippen LogP contribution in [0.1, 0.15) is 48.2 Å². The Morgan fingerprint density at radius 3 is 2.44 bits per heavy atom. The lowest BCUT2D eigenvalue weighted by atomic mass is 9.94. The Balaban J connectivity index is 1.84. The Morgan fingerprint density at radius 2 is 1.76 bits per heavy atom. The number of carbonyl (C=O) groups excluding carboxylic acids is 1. The second-order valence-electron chi connectivity index (χ2n) is 6.69. The quantitative estimate of drug-likeness (QED) is 0.704. The SMILES string of the molecule is CCCN(CCC)[C@H]1COc2c(cccc2C(=O)c2ccccc2)C1. The maximum atomic E-state index is 12.8. The summed E-state index contributed by atoms with van der Waals surface area (Å²) in [6.07, 6.45) is 3.25. The zero-order valence-electron chi connectivity index (χ0n) is 15.2. The summed E-state index contributed by atoms with van der Waals surface area (Å²) in [5, 5.41) is 0. The number of hydrogen-bond acceptors (Lipinski definition) is 3. The molecule has 0 spiro atoms. The van der Waals surface area contributed by atoms with E-state index in [4.69, 9.17) is 4.74 Å². The second kappa shape index (κ2) is 8.30. The summed E-state index contributed by atoms with van der Waals surface area (Å²) >= 11 is 0. The van der Waals surface area contributed by atoms with E-state index in [-0.39, 0.29) is 5.78 Å². The zero-order valence-corrected chi connectivity index (χ0v) is 15.2. The van der Waals surface area contributed by atoms with Crippen LogP contribution in [-0.4, -0.2) is 36.4 Å². The molecule has 1 aliphatic rings. The van der Waals surface area contributed by atoms with E-state index in [1.165, 1.54) is 0 Å². The molecule has 2 aromatic rings. The lowest BCUT2D eigenvalue weighted by Gasteiger charge is -2.35. The molecule has 1 atom stereocenters. The Labute approximate surface area is 150 Å². The fraction of sp³-hybridized carbons (Fsp3) is 0.409. The first kappa shape index (κ1) is 17.7. The van der Waals surface area contributed by atoms with Gasteiger partial charge >= 0.3 is 0 Å². The number of ketones is 1. The Hall–Kier alpha value is -2.13. The molecule has 0 aromatic heterocycles. The van der Waals surface area contributed by atoms with Crippen LogP contribution >= 0.6 is 0 Å². The van der Waals surface area contributed by atoms with Gasteiger partial charge in [0.15, 0.2) is 5.78 Å². The molecule has 0 saturated heterocycles. The molecule has 132 valence electrons. The number of ether oxygens (including phenoxy) is 1. The molecule has 25 heavy (non-hydrogen) atoms. The van der Waals surface area contributed by atoms with E-state index in [2.05, 4.69) is 24.8 Å². The first-order chi connectivity index (χ1) is 12.2. The third-order valence-electron chi connectivity index (χ3n) is 4.79. The van der Waals surface area contributed by atoms with Gasteiger partial charge in [-0.2, -0.15) is 0 Å². The number of hydrogen-bond donors (Lipinski definition) is 0. The van der Waals surface area contributed by atoms with Gasteiger partial charge in [0.1, 0.15) is 12.4 Å². The summed E-state index contributed by atoms with van der Waals surface area (Å²) in [4.78, 5) is 15.4. The van der Waals surface area contributed by atoms with Crippen LogP contribution < -0.4 is 4.74 Å². The number of nitrogens with zero attached hydrogens (tertiary/aromatic N) is 1. The van der Waals surface area contributed by atoms with Crippen molar-refractivity contribution in [3.05, 3.63) is 65.2 Å². The van der Waals surface area contributed by atoms with E-state index in [1.807, 2.05) is 42.5 Å². The standard InChI is InChI=1S/C22H27NO2/c1-3-13-23(14-4-2)19-15-18-11-8-12-20(22(18)25-16-19)21(24)17-9-6-5-7-10-17/h5-12,19H,3-4,13-16H2,1-2H3/t19-/m1/s1. The molecule has 1 heterocycles. The van der Waals surface area contributed by atoms with Crippen LogP contribution in [0.3, 0.4) is 0 Å². The first-order valence-electron chi connectivity index (χ1n) is 9.33. The van der Waals surface area contributed by atoms with Crippen LogP contribution in [-0.2, 0) is 6.42 Å². The Kier molecular flexibility index (Phi) is 5.87. The van der Waals surface area contributed by atoms with Crippen LogP contribution in [0.4, 0.5) is 0 Å². The molecule has 0 radical (unpaired) electrons. The molecular weight excluding hydrogens is 310 g/mol. The van der Waals surface area contributed by atoms with E-state index in [9.17, 15) is 4.79 Å². The smallest absolute Gasteiger partial charge is 0.196 e. The van der Waals surface area contributed by atoms with Crippen molar-refractivity contribution in [2.75, 3.05) is 19.7 Å². The summed E-state index contributed by atoms with van der Waals surface area (Å²) in [7, 11) is 0.